The van der Waals surface area contributed by atoms with Crippen molar-refractivity contribution in [1.29, 1.82) is 0 Å². The molecule has 0 atom stereocenters. The Morgan fingerprint density at radius 2 is 2.04 bits per heavy atom. The maximum atomic E-state index is 12.6. The van der Waals surface area contributed by atoms with Crippen LogP contribution in [0.25, 0.3) is 33.7 Å². The fraction of sp³-hybridized carbons (Fsp3) is 0.176. The number of halogens is 3. The quantitative estimate of drug-likeness (QED) is 0.567. The van der Waals surface area contributed by atoms with Crippen molar-refractivity contribution in [3.63, 3.8) is 0 Å². The normalized spacial score (nSPS) is 11.9. The smallest absolute Gasteiger partial charge is 0.406 e. The average Bonchev–Trinajstić information content (AvgIpc) is 3.22. The molecular weight excluding hydrogens is 377 g/mol. The van der Waals surface area contributed by atoms with E-state index < -0.39 is 6.36 Å². The Morgan fingerprint density at radius 1 is 1.21 bits per heavy atom. The third-order valence-electron chi connectivity index (χ3n) is 4.07. The van der Waals surface area contributed by atoms with Gasteiger partial charge in [0.25, 0.3) is 0 Å². The van der Waals surface area contributed by atoms with Crippen LogP contribution in [0.15, 0.2) is 41.3 Å². The van der Waals surface area contributed by atoms with Gasteiger partial charge < -0.3 is 15.0 Å². The van der Waals surface area contributed by atoms with Crippen LogP contribution >= 0.6 is 0 Å². The maximum Gasteiger partial charge on any atom is 0.573 e. The van der Waals surface area contributed by atoms with E-state index in [1.807, 2.05) is 11.5 Å². The summed E-state index contributed by atoms with van der Waals surface area (Å²) in [7, 11) is 0. The first-order chi connectivity index (χ1) is 13.4. The van der Waals surface area contributed by atoms with Gasteiger partial charge in [0.15, 0.2) is 17.3 Å². The number of alkyl halides is 3. The van der Waals surface area contributed by atoms with Gasteiger partial charge in [-0.05, 0) is 34.9 Å². The number of nitrogens with zero attached hydrogens (tertiary/aromatic N) is 5. The van der Waals surface area contributed by atoms with Crippen LogP contribution in [0.4, 0.5) is 19.0 Å². The molecule has 0 aliphatic rings. The number of pyridine rings is 1. The number of aryl methyl sites for hydroxylation is 1. The number of benzene rings is 1. The molecule has 8 nitrogen and oxygen atoms in total. The highest BCUT2D eigenvalue weighted by Crippen LogP contribution is 2.34. The Bertz CT molecular complexity index is 1150. The van der Waals surface area contributed by atoms with E-state index in [1.54, 1.807) is 18.5 Å². The molecule has 28 heavy (non-hydrogen) atoms. The number of ether oxygens (including phenoxy) is 1. The predicted molar refractivity (Wildman–Crippen MR) is 93.0 cm³/mol. The van der Waals surface area contributed by atoms with Crippen molar-refractivity contribution in [3.05, 3.63) is 36.7 Å². The lowest BCUT2D eigenvalue weighted by molar-refractivity contribution is -0.274. The van der Waals surface area contributed by atoms with Crippen molar-refractivity contribution in [2.24, 2.45) is 0 Å². The molecule has 0 saturated heterocycles. The summed E-state index contributed by atoms with van der Waals surface area (Å²) in [6, 6.07) is 5.66. The summed E-state index contributed by atoms with van der Waals surface area (Å²) in [4.78, 5) is 8.66. The number of imidazole rings is 1. The van der Waals surface area contributed by atoms with Crippen molar-refractivity contribution >= 4 is 16.9 Å². The summed E-state index contributed by atoms with van der Waals surface area (Å²) in [6.07, 6.45) is -1.68. The summed E-state index contributed by atoms with van der Waals surface area (Å²) in [5.41, 5.74) is 8.33. The van der Waals surface area contributed by atoms with E-state index in [-0.39, 0.29) is 17.3 Å². The second-order valence-corrected chi connectivity index (χ2v) is 5.81. The Morgan fingerprint density at radius 3 is 2.71 bits per heavy atom. The van der Waals surface area contributed by atoms with Crippen LogP contribution < -0.4 is 10.5 Å². The van der Waals surface area contributed by atoms with Crippen LogP contribution in [-0.4, -0.2) is 31.2 Å². The van der Waals surface area contributed by atoms with E-state index in [1.165, 1.54) is 18.2 Å². The minimum Gasteiger partial charge on any atom is -0.406 e. The van der Waals surface area contributed by atoms with E-state index in [2.05, 4.69) is 29.6 Å². The molecule has 11 heteroatoms. The number of aromatic nitrogens is 5. The standard InChI is InChI=1S/C17H13F3N6O2/c1-2-26-14-11(9-4-3-5-10(6-9)27-17(18,19)20)7-22-8-12(14)23-16(26)13-15(21)25-28-24-13/h3-8H,2H2,1H3,(H2,21,25). The molecule has 3 aromatic heterocycles. The van der Waals surface area contributed by atoms with Crippen molar-refractivity contribution in [2.45, 2.75) is 19.8 Å². The SMILES string of the molecule is CCn1c(-c2nonc2N)nc2cncc(-c3cccc(OC(F)(F)F)c3)c21. The highest BCUT2D eigenvalue weighted by molar-refractivity contribution is 5.94. The lowest BCUT2D eigenvalue weighted by Gasteiger charge is -2.11. The number of nitrogens with two attached hydrogens (primary N) is 1. The fourth-order valence-corrected chi connectivity index (χ4v) is 3.00. The number of rotatable bonds is 4. The molecule has 0 radical (unpaired) electrons. The predicted octanol–water partition coefficient (Wildman–Crippen LogP) is 3.65. The second kappa shape index (κ2) is 6.51. The average molecular weight is 390 g/mol. The summed E-state index contributed by atoms with van der Waals surface area (Å²) in [5.74, 6) is 0.183. The Balaban J connectivity index is 1.91. The third-order valence-corrected chi connectivity index (χ3v) is 4.07. The lowest BCUT2D eigenvalue weighted by atomic mass is 10.1. The van der Waals surface area contributed by atoms with Gasteiger partial charge in [0.2, 0.25) is 0 Å². The molecule has 4 rings (SSSR count). The highest BCUT2D eigenvalue weighted by Gasteiger charge is 2.31. The van der Waals surface area contributed by atoms with Crippen molar-refractivity contribution in [2.75, 3.05) is 5.73 Å². The maximum absolute atomic E-state index is 12.6. The van der Waals surface area contributed by atoms with Crippen molar-refractivity contribution < 1.29 is 22.5 Å². The second-order valence-electron chi connectivity index (χ2n) is 5.81. The van der Waals surface area contributed by atoms with Gasteiger partial charge in [-0.1, -0.05) is 12.1 Å². The van der Waals surface area contributed by atoms with Crippen LogP contribution in [-0.2, 0) is 6.54 Å². The number of hydrogen-bond acceptors (Lipinski definition) is 7. The van der Waals surface area contributed by atoms with E-state index in [9.17, 15) is 13.2 Å². The molecule has 0 unspecified atom stereocenters. The Hall–Kier alpha value is -3.63. The minimum absolute atomic E-state index is 0.0834. The van der Waals surface area contributed by atoms with Crippen LogP contribution in [0.2, 0.25) is 0 Å². The summed E-state index contributed by atoms with van der Waals surface area (Å²) < 4.78 is 48.2. The number of fused-ring (bicyclic) bond motifs is 1. The zero-order valence-electron chi connectivity index (χ0n) is 14.4. The van der Waals surface area contributed by atoms with Gasteiger partial charge in [-0.15, -0.1) is 13.2 Å². The zero-order valence-corrected chi connectivity index (χ0v) is 14.4. The topological polar surface area (TPSA) is 105 Å². The van der Waals surface area contributed by atoms with E-state index in [4.69, 9.17) is 5.73 Å². The van der Waals surface area contributed by atoms with Gasteiger partial charge in [0.05, 0.1) is 11.7 Å². The Kier molecular flexibility index (Phi) is 4.13. The third kappa shape index (κ3) is 3.10. The molecule has 0 aliphatic carbocycles. The lowest BCUT2D eigenvalue weighted by Crippen LogP contribution is -2.17. The molecule has 144 valence electrons. The van der Waals surface area contributed by atoms with Gasteiger partial charge in [-0.2, -0.15) is 0 Å². The summed E-state index contributed by atoms with van der Waals surface area (Å²) >= 11 is 0. The molecule has 0 spiro atoms. The number of anilines is 1. The molecular formula is C17H13F3N6O2. The van der Waals surface area contributed by atoms with Gasteiger partial charge in [-0.3, -0.25) is 4.98 Å². The van der Waals surface area contributed by atoms with E-state index in [0.717, 1.165) is 0 Å². The van der Waals surface area contributed by atoms with Crippen LogP contribution in [0, 0.1) is 0 Å². The van der Waals surface area contributed by atoms with Crippen LogP contribution in [0.3, 0.4) is 0 Å². The number of hydrogen-bond donors (Lipinski definition) is 1. The van der Waals surface area contributed by atoms with Crippen LogP contribution in [0.5, 0.6) is 5.75 Å². The minimum atomic E-state index is -4.78. The molecule has 0 aliphatic heterocycles. The first-order valence-electron chi connectivity index (χ1n) is 8.16. The molecule has 1 aromatic carbocycles. The molecule has 3 heterocycles. The molecule has 2 N–H and O–H groups in total. The van der Waals surface area contributed by atoms with Gasteiger partial charge in [0, 0.05) is 18.3 Å². The van der Waals surface area contributed by atoms with Crippen molar-refractivity contribution in [3.8, 4) is 28.4 Å². The highest BCUT2D eigenvalue weighted by atomic mass is 19.4. The summed E-state index contributed by atoms with van der Waals surface area (Å²) in [5, 5.41) is 7.35. The van der Waals surface area contributed by atoms with Crippen LogP contribution in [0.1, 0.15) is 6.92 Å². The molecule has 0 fully saturated rings. The molecule has 0 saturated carbocycles. The Labute approximate surface area is 155 Å². The number of nitrogen functional groups attached to an aromatic ring is 1. The van der Waals surface area contributed by atoms with Gasteiger partial charge in [0.1, 0.15) is 11.3 Å². The van der Waals surface area contributed by atoms with E-state index in [0.29, 0.717) is 34.5 Å². The zero-order chi connectivity index (χ0) is 19.9. The fourth-order valence-electron chi connectivity index (χ4n) is 3.00. The first kappa shape index (κ1) is 17.8. The summed E-state index contributed by atoms with van der Waals surface area (Å²) in [6.45, 7) is 2.38. The first-order valence-corrected chi connectivity index (χ1v) is 8.16. The monoisotopic (exact) mass is 390 g/mol. The van der Waals surface area contributed by atoms with E-state index >= 15 is 0 Å². The van der Waals surface area contributed by atoms with Crippen molar-refractivity contribution in [1.82, 2.24) is 24.8 Å². The van der Waals surface area contributed by atoms with Gasteiger partial charge in [-0.25, -0.2) is 9.61 Å². The largest absolute Gasteiger partial charge is 0.573 e. The molecule has 4 aromatic rings. The molecule has 0 amide bonds. The van der Waals surface area contributed by atoms with Gasteiger partial charge >= 0.3 is 6.36 Å². The molecule has 0 bridgehead atoms.